The van der Waals surface area contributed by atoms with Crippen LogP contribution in [0.3, 0.4) is 0 Å². The van der Waals surface area contributed by atoms with Crippen LogP contribution in [0.4, 0.5) is 5.82 Å². The molecule has 0 saturated carbocycles. The summed E-state index contributed by atoms with van der Waals surface area (Å²) in [7, 11) is 0. The van der Waals surface area contributed by atoms with Crippen molar-refractivity contribution in [1.82, 2.24) is 10.3 Å². The predicted octanol–water partition coefficient (Wildman–Crippen LogP) is 2.35. The molecule has 0 spiro atoms. The highest BCUT2D eigenvalue weighted by atomic mass is 16.1. The van der Waals surface area contributed by atoms with Crippen LogP contribution in [-0.4, -0.2) is 31.2 Å². The quantitative estimate of drug-likeness (QED) is 0.906. The Bertz CT molecular complexity index is 658. The lowest BCUT2D eigenvalue weighted by molar-refractivity contribution is 0.374. The Morgan fingerprint density at radius 1 is 1.24 bits per heavy atom. The molecule has 2 aromatic rings. The molecule has 1 aromatic heterocycles. The van der Waals surface area contributed by atoms with Gasteiger partial charge in [-0.15, -0.1) is 0 Å². The molecule has 2 N–H and O–H groups in total. The van der Waals surface area contributed by atoms with Crippen molar-refractivity contribution in [2.45, 2.75) is 19.8 Å². The van der Waals surface area contributed by atoms with Crippen molar-refractivity contribution in [2.75, 3.05) is 31.1 Å². The number of hydrogen-bond donors (Lipinski definition) is 2. The molecule has 1 aliphatic rings. The van der Waals surface area contributed by atoms with Gasteiger partial charge in [0.15, 0.2) is 0 Å². The maximum absolute atomic E-state index is 12.2. The molecule has 4 heteroatoms. The lowest BCUT2D eigenvalue weighted by Gasteiger charge is -2.30. The number of pyridine rings is 1. The van der Waals surface area contributed by atoms with Gasteiger partial charge < -0.3 is 15.2 Å². The largest absolute Gasteiger partial charge is 0.358 e. The highest BCUT2D eigenvalue weighted by Gasteiger charge is 2.17. The smallest absolute Gasteiger partial charge is 0.257 e. The summed E-state index contributed by atoms with van der Waals surface area (Å²) in [6, 6.07) is 9.87. The van der Waals surface area contributed by atoms with Crippen LogP contribution in [0.15, 0.2) is 35.1 Å². The Kier molecular flexibility index (Phi) is 4.25. The number of benzene rings is 1. The van der Waals surface area contributed by atoms with Crippen LogP contribution < -0.4 is 15.8 Å². The number of fused-ring (bicyclic) bond motifs is 1. The number of piperidine rings is 1. The van der Waals surface area contributed by atoms with Crippen molar-refractivity contribution >= 4 is 16.6 Å². The highest BCUT2D eigenvalue weighted by Crippen LogP contribution is 2.20. The molecule has 0 bridgehead atoms. The number of nitrogens with zero attached hydrogens (tertiary/aromatic N) is 1. The molecule has 2 heterocycles. The minimum atomic E-state index is 0.00635. The standard InChI is InChI=1S/C17H23N3O/c1-2-20(12-13-7-9-18-10-8-13)16-11-14-5-3-4-6-15(14)17(21)19-16/h3-6,11,13,18H,2,7-10,12H2,1H3,(H,19,21). The number of H-pyrrole nitrogens is 1. The van der Waals surface area contributed by atoms with Crippen molar-refractivity contribution < 1.29 is 0 Å². The summed E-state index contributed by atoms with van der Waals surface area (Å²) < 4.78 is 0. The third kappa shape index (κ3) is 3.10. The summed E-state index contributed by atoms with van der Waals surface area (Å²) in [6.45, 7) is 6.30. The molecule has 0 radical (unpaired) electrons. The van der Waals surface area contributed by atoms with Crippen LogP contribution in [0.2, 0.25) is 0 Å². The van der Waals surface area contributed by atoms with Gasteiger partial charge in [0.2, 0.25) is 0 Å². The van der Waals surface area contributed by atoms with Gasteiger partial charge >= 0.3 is 0 Å². The molecule has 21 heavy (non-hydrogen) atoms. The van der Waals surface area contributed by atoms with Gasteiger partial charge in [-0.2, -0.15) is 0 Å². The van der Waals surface area contributed by atoms with E-state index in [-0.39, 0.29) is 5.56 Å². The maximum Gasteiger partial charge on any atom is 0.257 e. The molecule has 1 fully saturated rings. The monoisotopic (exact) mass is 285 g/mol. The Hall–Kier alpha value is -1.81. The summed E-state index contributed by atoms with van der Waals surface area (Å²) in [5.74, 6) is 1.65. The summed E-state index contributed by atoms with van der Waals surface area (Å²) in [5, 5.41) is 5.18. The van der Waals surface area contributed by atoms with E-state index in [1.165, 1.54) is 12.8 Å². The number of anilines is 1. The first-order valence-electron chi connectivity index (χ1n) is 7.85. The van der Waals surface area contributed by atoms with Crippen LogP contribution in [0.25, 0.3) is 10.8 Å². The second-order valence-electron chi connectivity index (χ2n) is 5.80. The molecule has 3 rings (SSSR count). The van der Waals surface area contributed by atoms with Crippen molar-refractivity contribution in [3.8, 4) is 0 Å². The second-order valence-corrected chi connectivity index (χ2v) is 5.80. The first kappa shape index (κ1) is 14.1. The third-order valence-corrected chi connectivity index (χ3v) is 4.40. The maximum atomic E-state index is 12.2. The minimum Gasteiger partial charge on any atom is -0.358 e. The van der Waals surface area contributed by atoms with Crippen molar-refractivity contribution in [3.05, 3.63) is 40.7 Å². The number of nitrogens with one attached hydrogen (secondary N) is 2. The highest BCUT2D eigenvalue weighted by molar-refractivity contribution is 5.83. The van der Waals surface area contributed by atoms with E-state index in [9.17, 15) is 4.79 Å². The van der Waals surface area contributed by atoms with Crippen molar-refractivity contribution in [2.24, 2.45) is 5.92 Å². The second kappa shape index (κ2) is 6.31. The molecule has 1 saturated heterocycles. The fraction of sp³-hybridized carbons (Fsp3) is 0.471. The number of rotatable bonds is 4. The van der Waals surface area contributed by atoms with Crippen LogP contribution in [-0.2, 0) is 0 Å². The summed E-state index contributed by atoms with van der Waals surface area (Å²) >= 11 is 0. The van der Waals surface area contributed by atoms with Gasteiger partial charge in [-0.05, 0) is 56.3 Å². The molecular weight excluding hydrogens is 262 g/mol. The number of hydrogen-bond acceptors (Lipinski definition) is 3. The predicted molar refractivity (Wildman–Crippen MR) is 88.0 cm³/mol. The van der Waals surface area contributed by atoms with E-state index in [4.69, 9.17) is 0 Å². The average molecular weight is 285 g/mol. The molecule has 0 atom stereocenters. The van der Waals surface area contributed by atoms with E-state index >= 15 is 0 Å². The van der Waals surface area contributed by atoms with Crippen LogP contribution >= 0.6 is 0 Å². The zero-order valence-corrected chi connectivity index (χ0v) is 12.6. The van der Waals surface area contributed by atoms with Crippen molar-refractivity contribution in [1.29, 1.82) is 0 Å². The van der Waals surface area contributed by atoms with E-state index in [1.54, 1.807) is 0 Å². The fourth-order valence-electron chi connectivity index (χ4n) is 3.14. The molecule has 0 amide bonds. The van der Waals surface area contributed by atoms with Gasteiger partial charge in [-0.3, -0.25) is 4.79 Å². The number of aromatic nitrogens is 1. The van der Waals surface area contributed by atoms with E-state index in [0.29, 0.717) is 5.92 Å². The molecule has 0 unspecified atom stereocenters. The number of aromatic amines is 1. The van der Waals surface area contributed by atoms with Gasteiger partial charge in [-0.1, -0.05) is 18.2 Å². The zero-order chi connectivity index (χ0) is 14.7. The summed E-state index contributed by atoms with van der Waals surface area (Å²) in [5.41, 5.74) is 0.00635. The van der Waals surface area contributed by atoms with E-state index in [1.807, 2.05) is 24.3 Å². The van der Waals surface area contributed by atoms with Gasteiger partial charge in [0.05, 0.1) is 0 Å². The van der Waals surface area contributed by atoms with Gasteiger partial charge in [-0.25, -0.2) is 0 Å². The first-order valence-corrected chi connectivity index (χ1v) is 7.85. The topological polar surface area (TPSA) is 48.1 Å². The average Bonchev–Trinajstić information content (AvgIpc) is 2.53. The van der Waals surface area contributed by atoms with Gasteiger partial charge in [0.1, 0.15) is 5.82 Å². The van der Waals surface area contributed by atoms with Gasteiger partial charge in [0, 0.05) is 18.5 Å². The molecule has 4 nitrogen and oxygen atoms in total. The van der Waals surface area contributed by atoms with E-state index in [0.717, 1.165) is 42.8 Å². The molecule has 0 aliphatic carbocycles. The molecule has 1 aliphatic heterocycles. The van der Waals surface area contributed by atoms with Crippen LogP contribution in [0, 0.1) is 5.92 Å². The Labute approximate surface area is 125 Å². The Morgan fingerprint density at radius 3 is 2.76 bits per heavy atom. The third-order valence-electron chi connectivity index (χ3n) is 4.40. The van der Waals surface area contributed by atoms with E-state index in [2.05, 4.69) is 28.2 Å². The first-order chi connectivity index (χ1) is 10.3. The van der Waals surface area contributed by atoms with Crippen LogP contribution in [0.1, 0.15) is 19.8 Å². The SMILES string of the molecule is CCN(CC1CCNCC1)c1cc2ccccc2c(=O)[nH]1. The summed E-state index contributed by atoms with van der Waals surface area (Å²) in [6.07, 6.45) is 2.43. The van der Waals surface area contributed by atoms with E-state index < -0.39 is 0 Å². The van der Waals surface area contributed by atoms with Gasteiger partial charge in [0.25, 0.3) is 5.56 Å². The molecular formula is C17H23N3O. The van der Waals surface area contributed by atoms with Crippen LogP contribution in [0.5, 0.6) is 0 Å². The molecule has 1 aromatic carbocycles. The lowest BCUT2D eigenvalue weighted by Crippen LogP contribution is -2.37. The molecule has 112 valence electrons. The Morgan fingerprint density at radius 2 is 2.00 bits per heavy atom. The summed E-state index contributed by atoms with van der Waals surface area (Å²) in [4.78, 5) is 17.6. The zero-order valence-electron chi connectivity index (χ0n) is 12.6. The van der Waals surface area contributed by atoms with Crippen molar-refractivity contribution in [3.63, 3.8) is 0 Å². The normalized spacial score (nSPS) is 16.2. The fourth-order valence-corrected chi connectivity index (χ4v) is 3.14. The Balaban J connectivity index is 1.87. The minimum absolute atomic E-state index is 0.00635. The lowest BCUT2D eigenvalue weighted by atomic mass is 9.97.